The van der Waals surface area contributed by atoms with Gasteiger partial charge in [-0.2, -0.15) is 0 Å². The van der Waals surface area contributed by atoms with Gasteiger partial charge in [0.05, 0.1) is 6.61 Å². The van der Waals surface area contributed by atoms with Gasteiger partial charge >= 0.3 is 0 Å². The van der Waals surface area contributed by atoms with E-state index < -0.39 is 0 Å². The van der Waals surface area contributed by atoms with E-state index in [0.717, 1.165) is 19.6 Å². The molecule has 2 atom stereocenters. The highest BCUT2D eigenvalue weighted by Crippen LogP contribution is 2.30. The molecular formula is C13H26N2O. The third kappa shape index (κ3) is 2.76. The molecule has 3 heteroatoms. The molecule has 1 N–H and O–H groups in total. The molecule has 0 aromatic heterocycles. The highest BCUT2D eigenvalue weighted by Gasteiger charge is 2.38. The Morgan fingerprint density at radius 1 is 1.38 bits per heavy atom. The largest absolute Gasteiger partial charge is 0.360 e. The summed E-state index contributed by atoms with van der Waals surface area (Å²) in [7, 11) is 2.23. The van der Waals surface area contributed by atoms with E-state index in [0.29, 0.717) is 6.04 Å². The number of rotatable bonds is 2. The number of ether oxygens (including phenoxy) is 1. The van der Waals surface area contributed by atoms with Crippen LogP contribution in [0.25, 0.3) is 0 Å². The lowest BCUT2D eigenvalue weighted by atomic mass is 9.90. The molecule has 0 radical (unpaired) electrons. The third-order valence-electron chi connectivity index (χ3n) is 4.02. The van der Waals surface area contributed by atoms with E-state index in [4.69, 9.17) is 4.74 Å². The van der Waals surface area contributed by atoms with E-state index in [1.807, 2.05) is 0 Å². The molecular weight excluding hydrogens is 200 g/mol. The van der Waals surface area contributed by atoms with Crippen molar-refractivity contribution in [2.24, 2.45) is 5.41 Å². The summed E-state index contributed by atoms with van der Waals surface area (Å²) in [6, 6.07) is 0.693. The minimum Gasteiger partial charge on any atom is -0.360 e. The van der Waals surface area contributed by atoms with Gasteiger partial charge in [-0.15, -0.1) is 0 Å². The van der Waals surface area contributed by atoms with Crippen molar-refractivity contribution in [3.8, 4) is 0 Å². The molecule has 94 valence electrons. The molecule has 2 aliphatic rings. The fourth-order valence-electron chi connectivity index (χ4n) is 2.70. The molecule has 0 aromatic carbocycles. The van der Waals surface area contributed by atoms with Gasteiger partial charge in [0, 0.05) is 24.4 Å². The lowest BCUT2D eigenvalue weighted by Crippen LogP contribution is -2.57. The monoisotopic (exact) mass is 226 g/mol. The van der Waals surface area contributed by atoms with Gasteiger partial charge in [-0.1, -0.05) is 13.8 Å². The summed E-state index contributed by atoms with van der Waals surface area (Å²) in [6.45, 7) is 9.87. The van der Waals surface area contributed by atoms with Gasteiger partial charge < -0.3 is 9.64 Å². The Labute approximate surface area is 99.5 Å². The van der Waals surface area contributed by atoms with Gasteiger partial charge in [0.15, 0.2) is 0 Å². The number of nitrogens with zero attached hydrogens (tertiary/aromatic N) is 1. The van der Waals surface area contributed by atoms with E-state index in [1.165, 1.54) is 19.4 Å². The summed E-state index contributed by atoms with van der Waals surface area (Å²) in [6.07, 6.45) is 3.77. The zero-order valence-corrected chi connectivity index (χ0v) is 11.2. The standard InChI is InChI=1S/C13H26N2O/c1-12(2)9-14-13(3,16-10-12)8-11-6-5-7-15(11)4/h11,14H,5-10H2,1-4H3. The highest BCUT2D eigenvalue weighted by molar-refractivity contribution is 4.89. The average molecular weight is 226 g/mol. The van der Waals surface area contributed by atoms with Crippen LogP contribution < -0.4 is 5.32 Å². The molecule has 2 saturated heterocycles. The molecule has 0 spiro atoms. The fraction of sp³-hybridized carbons (Fsp3) is 1.00. The van der Waals surface area contributed by atoms with Gasteiger partial charge in [0.25, 0.3) is 0 Å². The fourth-order valence-corrected chi connectivity index (χ4v) is 2.70. The van der Waals surface area contributed by atoms with Crippen molar-refractivity contribution in [1.29, 1.82) is 0 Å². The molecule has 0 aliphatic carbocycles. The maximum absolute atomic E-state index is 6.05. The van der Waals surface area contributed by atoms with Crippen LogP contribution in [-0.4, -0.2) is 43.4 Å². The van der Waals surface area contributed by atoms with Crippen molar-refractivity contribution in [2.75, 3.05) is 26.7 Å². The minimum atomic E-state index is -0.112. The van der Waals surface area contributed by atoms with Gasteiger partial charge in [0.2, 0.25) is 0 Å². The molecule has 2 heterocycles. The molecule has 0 bridgehead atoms. The summed E-state index contributed by atoms with van der Waals surface area (Å²) in [5.41, 5.74) is 0.167. The lowest BCUT2D eigenvalue weighted by molar-refractivity contribution is -0.136. The van der Waals surface area contributed by atoms with Crippen molar-refractivity contribution < 1.29 is 4.74 Å². The maximum Gasteiger partial charge on any atom is 0.117 e. The van der Waals surface area contributed by atoms with Crippen molar-refractivity contribution in [2.45, 2.75) is 51.8 Å². The third-order valence-corrected chi connectivity index (χ3v) is 4.02. The topological polar surface area (TPSA) is 24.5 Å². The molecule has 2 aliphatic heterocycles. The molecule has 2 rings (SSSR count). The first-order chi connectivity index (χ1) is 7.40. The smallest absolute Gasteiger partial charge is 0.117 e. The molecule has 2 fully saturated rings. The van der Waals surface area contributed by atoms with Crippen LogP contribution in [0.5, 0.6) is 0 Å². The number of nitrogens with one attached hydrogen (secondary N) is 1. The first-order valence-corrected chi connectivity index (χ1v) is 6.50. The van der Waals surface area contributed by atoms with E-state index in [1.54, 1.807) is 0 Å². The van der Waals surface area contributed by atoms with Crippen molar-refractivity contribution in [3.05, 3.63) is 0 Å². The first-order valence-electron chi connectivity index (χ1n) is 6.50. The van der Waals surface area contributed by atoms with Crippen LogP contribution in [0.1, 0.15) is 40.0 Å². The van der Waals surface area contributed by atoms with Crippen LogP contribution in [0.15, 0.2) is 0 Å². The number of likely N-dealkylation sites (tertiary alicyclic amines) is 1. The Bertz CT molecular complexity index is 242. The quantitative estimate of drug-likeness (QED) is 0.777. The summed E-state index contributed by atoms with van der Waals surface area (Å²) < 4.78 is 6.05. The van der Waals surface area contributed by atoms with Crippen molar-refractivity contribution in [3.63, 3.8) is 0 Å². The van der Waals surface area contributed by atoms with Crippen molar-refractivity contribution >= 4 is 0 Å². The highest BCUT2D eigenvalue weighted by atomic mass is 16.5. The summed E-state index contributed by atoms with van der Waals surface area (Å²) in [5.74, 6) is 0. The zero-order valence-electron chi connectivity index (χ0n) is 11.2. The predicted molar refractivity (Wildman–Crippen MR) is 66.4 cm³/mol. The molecule has 0 amide bonds. The molecule has 0 aromatic rings. The van der Waals surface area contributed by atoms with E-state index in [-0.39, 0.29) is 11.1 Å². The van der Waals surface area contributed by atoms with Crippen LogP contribution in [0.4, 0.5) is 0 Å². The SMILES string of the molecule is CN1CCCC1CC1(C)NCC(C)(C)CO1. The Morgan fingerprint density at radius 3 is 2.62 bits per heavy atom. The zero-order chi connectivity index (χ0) is 11.8. The van der Waals surface area contributed by atoms with E-state index in [9.17, 15) is 0 Å². The van der Waals surface area contributed by atoms with Gasteiger partial charge in [-0.3, -0.25) is 5.32 Å². The second-order valence-corrected chi connectivity index (χ2v) is 6.52. The van der Waals surface area contributed by atoms with E-state index >= 15 is 0 Å². The van der Waals surface area contributed by atoms with Crippen LogP contribution >= 0.6 is 0 Å². The second kappa shape index (κ2) is 4.28. The van der Waals surface area contributed by atoms with Gasteiger partial charge in [0.1, 0.15) is 5.72 Å². The van der Waals surface area contributed by atoms with Gasteiger partial charge in [-0.25, -0.2) is 0 Å². The van der Waals surface area contributed by atoms with Gasteiger partial charge in [-0.05, 0) is 33.4 Å². The van der Waals surface area contributed by atoms with Crippen LogP contribution in [0.2, 0.25) is 0 Å². The predicted octanol–water partition coefficient (Wildman–Crippen LogP) is 1.83. The normalized spacial score (nSPS) is 40.1. The molecule has 0 saturated carbocycles. The Morgan fingerprint density at radius 2 is 2.12 bits per heavy atom. The van der Waals surface area contributed by atoms with Crippen LogP contribution in [0.3, 0.4) is 0 Å². The Hall–Kier alpha value is -0.120. The van der Waals surface area contributed by atoms with Crippen molar-refractivity contribution in [1.82, 2.24) is 10.2 Å². The second-order valence-electron chi connectivity index (χ2n) is 6.52. The van der Waals surface area contributed by atoms with Crippen LogP contribution in [-0.2, 0) is 4.74 Å². The Balaban J connectivity index is 1.89. The minimum absolute atomic E-state index is 0.112. The average Bonchev–Trinajstić information content (AvgIpc) is 2.58. The lowest BCUT2D eigenvalue weighted by Gasteiger charge is -2.44. The number of hydrogen-bond donors (Lipinski definition) is 1. The summed E-state index contributed by atoms with van der Waals surface area (Å²) >= 11 is 0. The maximum atomic E-state index is 6.05. The number of hydrogen-bond acceptors (Lipinski definition) is 3. The summed E-state index contributed by atoms with van der Waals surface area (Å²) in [5, 5.41) is 3.58. The molecule has 16 heavy (non-hydrogen) atoms. The van der Waals surface area contributed by atoms with E-state index in [2.05, 4.69) is 38.0 Å². The summed E-state index contributed by atoms with van der Waals surface area (Å²) in [4.78, 5) is 2.47. The molecule has 3 nitrogen and oxygen atoms in total. The van der Waals surface area contributed by atoms with Crippen LogP contribution in [0, 0.1) is 5.41 Å². The molecule has 2 unspecified atom stereocenters. The Kier molecular flexibility index (Phi) is 3.30. The first kappa shape index (κ1) is 12.3.